The Morgan fingerprint density at radius 3 is 3.00 bits per heavy atom. The second-order valence-electron chi connectivity index (χ2n) is 3.60. The summed E-state index contributed by atoms with van der Waals surface area (Å²) in [4.78, 5) is 14.8. The molecule has 0 spiro atoms. The predicted octanol–water partition coefficient (Wildman–Crippen LogP) is 2.79. The first-order valence-electron chi connectivity index (χ1n) is 5.15. The number of hydrogen-bond acceptors (Lipinski definition) is 2. The van der Waals surface area contributed by atoms with Crippen LogP contribution in [0.25, 0.3) is 11.4 Å². The average molecular weight is 295 g/mol. The van der Waals surface area contributed by atoms with Gasteiger partial charge >= 0.3 is 5.97 Å². The normalized spacial score (nSPS) is 10.4. The summed E-state index contributed by atoms with van der Waals surface area (Å²) in [6.45, 7) is 0.428. The van der Waals surface area contributed by atoms with Crippen molar-refractivity contribution in [3.8, 4) is 11.4 Å². The van der Waals surface area contributed by atoms with Gasteiger partial charge in [-0.25, -0.2) is 4.98 Å². The zero-order chi connectivity index (χ0) is 12.3. The number of carboxylic acid groups (broad SMARTS) is 1. The van der Waals surface area contributed by atoms with E-state index in [9.17, 15) is 4.79 Å². The van der Waals surface area contributed by atoms with Gasteiger partial charge in [-0.1, -0.05) is 28.1 Å². The molecule has 2 rings (SSSR count). The van der Waals surface area contributed by atoms with E-state index in [1.54, 1.807) is 12.4 Å². The molecule has 1 aromatic carbocycles. The van der Waals surface area contributed by atoms with E-state index in [0.29, 0.717) is 6.54 Å². The predicted molar refractivity (Wildman–Crippen MR) is 67.6 cm³/mol. The summed E-state index contributed by atoms with van der Waals surface area (Å²) < 4.78 is 2.82. The van der Waals surface area contributed by atoms with Crippen molar-refractivity contribution in [3.63, 3.8) is 0 Å². The fourth-order valence-electron chi connectivity index (χ4n) is 1.59. The van der Waals surface area contributed by atoms with Crippen molar-refractivity contribution in [2.24, 2.45) is 0 Å². The van der Waals surface area contributed by atoms with E-state index in [1.807, 2.05) is 28.8 Å². The number of benzene rings is 1. The van der Waals surface area contributed by atoms with Crippen LogP contribution in [0.1, 0.15) is 6.42 Å². The zero-order valence-electron chi connectivity index (χ0n) is 9.01. The first kappa shape index (κ1) is 11.9. The van der Waals surface area contributed by atoms with Crippen LogP contribution in [-0.2, 0) is 11.3 Å². The van der Waals surface area contributed by atoms with Gasteiger partial charge in [0.2, 0.25) is 0 Å². The molecule has 0 aliphatic carbocycles. The number of nitrogens with zero attached hydrogens (tertiary/aromatic N) is 2. The molecule has 1 heterocycles. The number of carbonyl (C=O) groups is 1. The van der Waals surface area contributed by atoms with Crippen LogP contribution in [0.2, 0.25) is 0 Å². The van der Waals surface area contributed by atoms with Crippen LogP contribution in [0.15, 0.2) is 41.1 Å². The summed E-state index contributed by atoms with van der Waals surface area (Å²) in [5.74, 6) is -0.0218. The van der Waals surface area contributed by atoms with Crippen LogP contribution in [0.4, 0.5) is 0 Å². The summed E-state index contributed by atoms with van der Waals surface area (Å²) in [6.07, 6.45) is 3.56. The third kappa shape index (κ3) is 2.94. The number of halogens is 1. The van der Waals surface area contributed by atoms with Crippen LogP contribution in [0.3, 0.4) is 0 Å². The van der Waals surface area contributed by atoms with E-state index < -0.39 is 5.97 Å². The maximum absolute atomic E-state index is 10.6. The highest BCUT2D eigenvalue weighted by atomic mass is 79.9. The van der Waals surface area contributed by atoms with Crippen LogP contribution < -0.4 is 0 Å². The number of rotatable bonds is 4. The second kappa shape index (κ2) is 5.14. The number of aromatic nitrogens is 2. The molecule has 5 heteroatoms. The Labute approximate surface area is 107 Å². The summed E-state index contributed by atoms with van der Waals surface area (Å²) in [6, 6.07) is 7.77. The van der Waals surface area contributed by atoms with Crippen LogP contribution in [-0.4, -0.2) is 20.6 Å². The van der Waals surface area contributed by atoms with Gasteiger partial charge in [-0.15, -0.1) is 0 Å². The van der Waals surface area contributed by atoms with Crippen molar-refractivity contribution in [1.82, 2.24) is 9.55 Å². The molecule has 0 amide bonds. The van der Waals surface area contributed by atoms with Gasteiger partial charge in [0.25, 0.3) is 0 Å². The molecule has 0 fully saturated rings. The van der Waals surface area contributed by atoms with Crippen molar-refractivity contribution in [2.75, 3.05) is 0 Å². The van der Waals surface area contributed by atoms with Gasteiger partial charge in [-0.2, -0.15) is 0 Å². The van der Waals surface area contributed by atoms with E-state index in [-0.39, 0.29) is 6.42 Å². The Morgan fingerprint density at radius 1 is 1.47 bits per heavy atom. The summed E-state index contributed by atoms with van der Waals surface area (Å²) in [5.41, 5.74) is 0.967. The Morgan fingerprint density at radius 2 is 2.29 bits per heavy atom. The minimum absolute atomic E-state index is 0.0946. The fraction of sp³-hybridized carbons (Fsp3) is 0.167. The van der Waals surface area contributed by atoms with E-state index in [4.69, 9.17) is 5.11 Å². The Bertz CT molecular complexity index is 537. The maximum atomic E-state index is 10.6. The topological polar surface area (TPSA) is 55.1 Å². The first-order chi connectivity index (χ1) is 8.16. The lowest BCUT2D eigenvalue weighted by molar-refractivity contribution is -0.137. The third-order valence-electron chi connectivity index (χ3n) is 2.36. The monoisotopic (exact) mass is 294 g/mol. The molecule has 88 valence electrons. The lowest BCUT2D eigenvalue weighted by Gasteiger charge is -2.06. The SMILES string of the molecule is O=C(O)CCn1ccnc1-c1cccc(Br)c1. The van der Waals surface area contributed by atoms with Gasteiger partial charge in [0.05, 0.1) is 6.42 Å². The molecule has 0 aliphatic heterocycles. The molecule has 0 atom stereocenters. The molecular formula is C12H11BrN2O2. The van der Waals surface area contributed by atoms with Crippen molar-refractivity contribution >= 4 is 21.9 Å². The summed E-state index contributed by atoms with van der Waals surface area (Å²) in [7, 11) is 0. The lowest BCUT2D eigenvalue weighted by atomic mass is 10.2. The number of aliphatic carboxylic acids is 1. The van der Waals surface area contributed by atoms with Crippen molar-refractivity contribution in [1.29, 1.82) is 0 Å². The molecule has 1 aromatic heterocycles. The second-order valence-corrected chi connectivity index (χ2v) is 4.51. The van der Waals surface area contributed by atoms with Crippen LogP contribution >= 0.6 is 15.9 Å². The van der Waals surface area contributed by atoms with E-state index in [2.05, 4.69) is 20.9 Å². The van der Waals surface area contributed by atoms with E-state index in [0.717, 1.165) is 15.9 Å². The standard InChI is InChI=1S/C12H11BrN2O2/c13-10-3-1-2-9(8-10)12-14-5-7-15(12)6-4-11(16)17/h1-3,5,7-8H,4,6H2,(H,16,17). The highest BCUT2D eigenvalue weighted by Crippen LogP contribution is 2.21. The molecular weight excluding hydrogens is 284 g/mol. The molecule has 4 nitrogen and oxygen atoms in total. The van der Waals surface area contributed by atoms with Gasteiger partial charge in [-0.05, 0) is 12.1 Å². The molecule has 0 unspecified atom stereocenters. The molecule has 1 N–H and O–H groups in total. The first-order valence-corrected chi connectivity index (χ1v) is 5.95. The smallest absolute Gasteiger partial charge is 0.305 e. The zero-order valence-corrected chi connectivity index (χ0v) is 10.6. The molecule has 2 aromatic rings. The summed E-state index contributed by atoms with van der Waals surface area (Å²) >= 11 is 3.40. The minimum atomic E-state index is -0.807. The third-order valence-corrected chi connectivity index (χ3v) is 2.86. The molecule has 0 saturated carbocycles. The van der Waals surface area contributed by atoms with Gasteiger partial charge in [-0.3, -0.25) is 4.79 Å². The Balaban J connectivity index is 2.27. The molecule has 0 saturated heterocycles. The number of carboxylic acids is 1. The fourth-order valence-corrected chi connectivity index (χ4v) is 1.99. The van der Waals surface area contributed by atoms with Gasteiger partial charge in [0.15, 0.2) is 0 Å². The highest BCUT2D eigenvalue weighted by Gasteiger charge is 2.07. The number of hydrogen-bond donors (Lipinski definition) is 1. The molecule has 0 bridgehead atoms. The molecule has 0 radical (unpaired) electrons. The molecule has 17 heavy (non-hydrogen) atoms. The summed E-state index contributed by atoms with van der Waals surface area (Å²) in [5, 5.41) is 8.68. The van der Waals surface area contributed by atoms with E-state index in [1.165, 1.54) is 0 Å². The van der Waals surface area contributed by atoms with Crippen molar-refractivity contribution in [2.45, 2.75) is 13.0 Å². The van der Waals surface area contributed by atoms with Crippen molar-refractivity contribution in [3.05, 3.63) is 41.1 Å². The van der Waals surface area contributed by atoms with Gasteiger partial charge < -0.3 is 9.67 Å². The maximum Gasteiger partial charge on any atom is 0.305 e. The number of aryl methyl sites for hydroxylation is 1. The lowest BCUT2D eigenvalue weighted by Crippen LogP contribution is -2.05. The van der Waals surface area contributed by atoms with E-state index >= 15 is 0 Å². The Hall–Kier alpha value is -1.62. The number of imidazole rings is 1. The van der Waals surface area contributed by atoms with Gasteiger partial charge in [0, 0.05) is 29.0 Å². The molecule has 0 aliphatic rings. The quantitative estimate of drug-likeness (QED) is 0.943. The van der Waals surface area contributed by atoms with Crippen LogP contribution in [0.5, 0.6) is 0 Å². The highest BCUT2D eigenvalue weighted by molar-refractivity contribution is 9.10. The minimum Gasteiger partial charge on any atom is -0.481 e. The average Bonchev–Trinajstić information content (AvgIpc) is 2.74. The largest absolute Gasteiger partial charge is 0.481 e. The van der Waals surface area contributed by atoms with Crippen LogP contribution in [0, 0.1) is 0 Å². The Kier molecular flexibility index (Phi) is 3.58. The van der Waals surface area contributed by atoms with Crippen molar-refractivity contribution < 1.29 is 9.90 Å². The van der Waals surface area contributed by atoms with Gasteiger partial charge in [0.1, 0.15) is 5.82 Å².